The number of ether oxygens (including phenoxy) is 25. The molecule has 0 bridgehead atoms. The number of nitrogens with zero attached hydrogens (tertiary/aromatic N) is 9. The zero-order valence-corrected chi connectivity index (χ0v) is 62.2. The molecule has 0 aromatic rings. The lowest BCUT2D eigenvalue weighted by Gasteiger charge is -2.10. The third-order valence-electron chi connectivity index (χ3n) is 11.6. The average molecular weight is 1530 g/mol. The van der Waals surface area contributed by atoms with E-state index in [2.05, 4.69) is 51.3 Å². The van der Waals surface area contributed by atoms with Crippen molar-refractivity contribution >= 4 is 12.1 Å². The average Bonchev–Trinajstić information content (AvgIpc) is 3.88. The lowest BCUT2D eigenvalue weighted by molar-refractivity contribution is -0.0103. The van der Waals surface area contributed by atoms with E-state index in [0.717, 1.165) is 0 Å². The van der Waals surface area contributed by atoms with Crippen LogP contribution in [0.25, 0.3) is 31.3 Å². The number of rotatable bonds is 87. The second-order valence-electron chi connectivity index (χ2n) is 19.9. The highest BCUT2D eigenvalue weighted by molar-refractivity contribution is 5.74. The summed E-state index contributed by atoms with van der Waals surface area (Å²) < 4.78 is 133. The van der Waals surface area contributed by atoms with Gasteiger partial charge in [-0.3, -0.25) is 0 Å². The Kier molecular flexibility index (Phi) is 103. The maximum absolute atomic E-state index is 11.7. The predicted molar refractivity (Wildman–Crippen MR) is 382 cm³/mol. The molecule has 0 aliphatic carbocycles. The van der Waals surface area contributed by atoms with Gasteiger partial charge in [-0.05, 0) is 16.6 Å². The molecule has 43 nitrogen and oxygen atoms in total. The highest BCUT2D eigenvalue weighted by Crippen LogP contribution is 1.91. The van der Waals surface area contributed by atoms with Gasteiger partial charge in [-0.25, -0.2) is 9.59 Å². The largest absolute Gasteiger partial charge is 0.379 e. The summed E-state index contributed by atoms with van der Waals surface area (Å²) in [6.07, 6.45) is 0. The smallest absolute Gasteiger partial charge is 0.314 e. The SMILES string of the molecule is NCCOCCOCCOCCOCCOCCNC(=O)NCCOCCOCCOCCOCCOCCN.[N-]=[N+]=NCCOCCOCCOCCOCCOCCN.[N-]=[N+]=NCCOCCOCCOCCOCCOCCNC(=O)NCCOCCOCCOCCOCCOCCN=[N+]=[N-]. The highest BCUT2D eigenvalue weighted by Gasteiger charge is 2.04. The van der Waals surface area contributed by atoms with Crippen molar-refractivity contribution in [2.24, 2.45) is 32.5 Å². The van der Waals surface area contributed by atoms with Gasteiger partial charge in [0.2, 0.25) is 0 Å². The minimum atomic E-state index is -0.289. The van der Waals surface area contributed by atoms with Crippen LogP contribution in [-0.2, 0) is 118 Å². The first-order valence-electron chi connectivity index (χ1n) is 35.6. The number of hydrogen-bond donors (Lipinski definition) is 7. The lowest BCUT2D eigenvalue weighted by atomic mass is 10.6. The van der Waals surface area contributed by atoms with Crippen molar-refractivity contribution in [1.82, 2.24) is 21.3 Å². The van der Waals surface area contributed by atoms with Gasteiger partial charge in [0.05, 0.1) is 330 Å². The molecule has 43 heteroatoms. The predicted octanol–water partition coefficient (Wildman–Crippen LogP) is -0.220. The summed E-state index contributed by atoms with van der Waals surface area (Å²) >= 11 is 0. The molecule has 4 amide bonds. The van der Waals surface area contributed by atoms with Crippen molar-refractivity contribution < 1.29 is 128 Å². The van der Waals surface area contributed by atoms with Gasteiger partial charge in [0.1, 0.15) is 0 Å². The molecule has 10 N–H and O–H groups in total. The van der Waals surface area contributed by atoms with Crippen molar-refractivity contribution in [3.63, 3.8) is 0 Å². The van der Waals surface area contributed by atoms with Crippen LogP contribution in [0, 0.1) is 0 Å². The Hall–Kier alpha value is -4.65. The molecule has 0 aliphatic heterocycles. The van der Waals surface area contributed by atoms with Crippen molar-refractivity contribution in [2.45, 2.75) is 0 Å². The summed E-state index contributed by atoms with van der Waals surface area (Å²) in [5, 5.41) is 20.9. The molecule has 0 rings (SSSR count). The molecule has 620 valence electrons. The van der Waals surface area contributed by atoms with E-state index in [1.807, 2.05) is 0 Å². The van der Waals surface area contributed by atoms with Gasteiger partial charge in [0, 0.05) is 80.2 Å². The van der Waals surface area contributed by atoms with E-state index in [0.29, 0.717) is 396 Å². The Morgan fingerprint density at radius 2 is 0.314 bits per heavy atom. The summed E-state index contributed by atoms with van der Waals surface area (Å²) in [5.74, 6) is 0. The molecule has 0 atom stereocenters. The van der Waals surface area contributed by atoms with E-state index in [-0.39, 0.29) is 12.1 Å². The molecule has 0 unspecified atom stereocenters. The standard InChI is InChI=1S/C25H50N8O11.C25H54N4O11.C12H26N4O5/c26-32-30-3-7-37-11-15-41-19-23-43-21-17-39-13-9-35-5-1-28-25(34)29-2-6-36-10-14-40-18-22-44-24-20-42-16-12-38-8-4-31-33-27;26-1-5-31-9-13-35-17-21-39-23-19-37-15-11-33-7-3-28-25(30)29-4-8-34-12-16-38-20-24-40-22-18-36-14-10-32-6-2-27;13-1-3-17-5-7-19-9-11-21-12-10-20-8-6-18-4-2-15-16-14/h1-24H2,(H2,28,29,34);1-24,26-27H2,(H2,28,29,30);1-13H2. The number of urea groups is 2. The van der Waals surface area contributed by atoms with E-state index in [4.69, 9.17) is 152 Å². The first-order chi connectivity index (χ1) is 52.0. The van der Waals surface area contributed by atoms with Crippen LogP contribution in [0.2, 0.25) is 0 Å². The fraction of sp³-hybridized carbons (Fsp3) is 0.968. The fourth-order valence-corrected chi connectivity index (χ4v) is 6.68. The maximum atomic E-state index is 11.7. The quantitative estimate of drug-likeness (QED) is 0.0179. The third kappa shape index (κ3) is 108. The van der Waals surface area contributed by atoms with Gasteiger partial charge >= 0.3 is 12.1 Å². The molecule has 0 spiro atoms. The van der Waals surface area contributed by atoms with Crippen LogP contribution < -0.4 is 38.5 Å². The van der Waals surface area contributed by atoms with Crippen LogP contribution in [0.5, 0.6) is 0 Å². The van der Waals surface area contributed by atoms with Crippen molar-refractivity contribution in [3.8, 4) is 0 Å². The van der Waals surface area contributed by atoms with Gasteiger partial charge in [0.15, 0.2) is 0 Å². The summed E-state index contributed by atoms with van der Waals surface area (Å²) in [4.78, 5) is 31.3. The Morgan fingerprint density at radius 3 is 0.438 bits per heavy atom. The van der Waals surface area contributed by atoms with Crippen molar-refractivity contribution in [1.29, 1.82) is 0 Å². The number of carbonyl (C=O) groups is 2. The molecule has 105 heavy (non-hydrogen) atoms. The summed E-state index contributed by atoms with van der Waals surface area (Å²) in [6, 6.07) is -0.559. The monoisotopic (exact) mass is 1530 g/mol. The number of azide groups is 3. The molecule has 0 saturated heterocycles. The van der Waals surface area contributed by atoms with E-state index in [9.17, 15) is 9.59 Å². The molecule has 0 fully saturated rings. The van der Waals surface area contributed by atoms with Crippen LogP contribution in [0.4, 0.5) is 9.59 Å². The van der Waals surface area contributed by atoms with Crippen LogP contribution in [0.15, 0.2) is 15.3 Å². The van der Waals surface area contributed by atoms with Gasteiger partial charge < -0.3 is 157 Å². The van der Waals surface area contributed by atoms with E-state index < -0.39 is 0 Å². The second kappa shape index (κ2) is 104. The number of amides is 4. The molecule has 0 aliphatic rings. The Labute approximate surface area is 619 Å². The van der Waals surface area contributed by atoms with Crippen LogP contribution >= 0.6 is 0 Å². The third-order valence-corrected chi connectivity index (χ3v) is 11.6. The topological polar surface area (TPSA) is 537 Å². The van der Waals surface area contributed by atoms with Crippen LogP contribution in [-0.4, -0.2) is 408 Å². The molecule has 0 aromatic heterocycles. The minimum absolute atomic E-state index is 0.270. The number of nitrogens with one attached hydrogen (secondary N) is 4. The van der Waals surface area contributed by atoms with Gasteiger partial charge in [0.25, 0.3) is 0 Å². The zero-order chi connectivity index (χ0) is 76.3. The molecule has 0 heterocycles. The maximum Gasteiger partial charge on any atom is 0.314 e. The summed E-state index contributed by atoms with van der Waals surface area (Å²) in [5.41, 5.74) is 40.2. The van der Waals surface area contributed by atoms with Crippen molar-refractivity contribution in [2.75, 3.05) is 396 Å². The molecule has 0 aromatic carbocycles. The van der Waals surface area contributed by atoms with E-state index in [1.165, 1.54) is 0 Å². The van der Waals surface area contributed by atoms with E-state index >= 15 is 0 Å². The molecule has 0 saturated carbocycles. The van der Waals surface area contributed by atoms with Gasteiger partial charge in [-0.15, -0.1) is 0 Å². The van der Waals surface area contributed by atoms with Gasteiger partial charge in [-0.1, -0.05) is 15.3 Å². The Morgan fingerprint density at radius 1 is 0.200 bits per heavy atom. The second-order valence-corrected chi connectivity index (χ2v) is 19.9. The zero-order valence-electron chi connectivity index (χ0n) is 62.2. The Balaban J connectivity index is -0.00000157. The Bertz CT molecular complexity index is 1750. The summed E-state index contributed by atoms with van der Waals surface area (Å²) in [7, 11) is 0. The first kappa shape index (κ1) is 105. The summed E-state index contributed by atoms with van der Waals surface area (Å²) in [6.45, 7) is 27.7. The van der Waals surface area contributed by atoms with E-state index in [1.54, 1.807) is 0 Å². The van der Waals surface area contributed by atoms with Crippen LogP contribution in [0.3, 0.4) is 0 Å². The molecular weight excluding hydrogens is 1400 g/mol. The highest BCUT2D eigenvalue weighted by atomic mass is 16.6. The van der Waals surface area contributed by atoms with Gasteiger partial charge in [-0.2, -0.15) is 0 Å². The van der Waals surface area contributed by atoms with Crippen LogP contribution in [0.1, 0.15) is 0 Å². The first-order valence-corrected chi connectivity index (χ1v) is 35.6. The minimum Gasteiger partial charge on any atom is -0.379 e. The molecule has 0 radical (unpaired) electrons. The number of hydrogen-bond acceptors (Lipinski definition) is 33. The number of nitrogens with two attached hydrogens (primary N) is 3. The fourth-order valence-electron chi connectivity index (χ4n) is 6.68. The molecular formula is C62H130N16O27. The van der Waals surface area contributed by atoms with Crippen molar-refractivity contribution in [3.05, 3.63) is 31.3 Å². The lowest BCUT2D eigenvalue weighted by Crippen LogP contribution is -2.39. The number of carbonyl (C=O) groups excluding carboxylic acids is 2. The normalized spacial score (nSPS) is 10.9.